The molecular formula is C12H21N3O3S. The van der Waals surface area contributed by atoms with Gasteiger partial charge in [0.05, 0.1) is 19.0 Å². The van der Waals surface area contributed by atoms with Crippen LogP contribution in [0, 0.1) is 5.92 Å². The van der Waals surface area contributed by atoms with Crippen LogP contribution in [-0.4, -0.2) is 66.2 Å². The van der Waals surface area contributed by atoms with Gasteiger partial charge < -0.3 is 20.3 Å². The maximum absolute atomic E-state index is 12.2. The van der Waals surface area contributed by atoms with E-state index in [9.17, 15) is 9.59 Å². The number of carbonyl (C=O) groups is 2. The van der Waals surface area contributed by atoms with Gasteiger partial charge in [0, 0.05) is 25.4 Å². The minimum atomic E-state index is -0.432. The zero-order valence-electron chi connectivity index (χ0n) is 11.2. The van der Waals surface area contributed by atoms with Crippen molar-refractivity contribution in [3.8, 4) is 0 Å². The second-order valence-corrected chi connectivity index (χ2v) is 6.03. The molecule has 2 N–H and O–H groups in total. The first-order chi connectivity index (χ1) is 9.13. The number of likely N-dealkylation sites (tertiary alicyclic amines) is 1. The highest BCUT2D eigenvalue weighted by atomic mass is 32.2. The summed E-state index contributed by atoms with van der Waals surface area (Å²) in [7, 11) is 1.38. The van der Waals surface area contributed by atoms with Crippen molar-refractivity contribution in [1.29, 1.82) is 0 Å². The Kier molecular flexibility index (Phi) is 4.93. The summed E-state index contributed by atoms with van der Waals surface area (Å²) in [6, 6.07) is -0.432. The van der Waals surface area contributed by atoms with E-state index < -0.39 is 6.04 Å². The Bertz CT molecular complexity index is 339. The molecule has 2 rings (SSSR count). The highest BCUT2D eigenvalue weighted by molar-refractivity contribution is 7.99. The van der Waals surface area contributed by atoms with Crippen LogP contribution in [0.25, 0.3) is 0 Å². The number of thioether (sulfide) groups is 1. The molecule has 0 bridgehead atoms. The van der Waals surface area contributed by atoms with Crippen LogP contribution in [0.5, 0.6) is 0 Å². The minimum absolute atomic E-state index is 0.0570. The van der Waals surface area contributed by atoms with Crippen molar-refractivity contribution in [2.24, 2.45) is 11.7 Å². The smallest absolute Gasteiger partial charge is 0.409 e. The summed E-state index contributed by atoms with van der Waals surface area (Å²) in [6.07, 6.45) is 1.24. The van der Waals surface area contributed by atoms with E-state index in [4.69, 9.17) is 10.5 Å². The highest BCUT2D eigenvalue weighted by Gasteiger charge is 2.33. The Balaban J connectivity index is 1.83. The molecule has 0 aromatic rings. The summed E-state index contributed by atoms with van der Waals surface area (Å²) >= 11 is 1.76. The molecule has 7 heteroatoms. The molecule has 0 radical (unpaired) electrons. The van der Waals surface area contributed by atoms with Crippen molar-refractivity contribution in [1.82, 2.24) is 9.80 Å². The van der Waals surface area contributed by atoms with Gasteiger partial charge in [0.1, 0.15) is 0 Å². The fourth-order valence-electron chi connectivity index (χ4n) is 2.57. The van der Waals surface area contributed by atoms with Gasteiger partial charge in [0.15, 0.2) is 0 Å². The van der Waals surface area contributed by atoms with Crippen molar-refractivity contribution >= 4 is 23.8 Å². The molecule has 2 amide bonds. The molecule has 0 spiro atoms. The van der Waals surface area contributed by atoms with Crippen molar-refractivity contribution < 1.29 is 14.3 Å². The van der Waals surface area contributed by atoms with Crippen LogP contribution in [-0.2, 0) is 9.53 Å². The van der Waals surface area contributed by atoms with Crippen molar-refractivity contribution in [3.63, 3.8) is 0 Å². The average molecular weight is 287 g/mol. The lowest BCUT2D eigenvalue weighted by Crippen LogP contribution is -2.50. The summed E-state index contributed by atoms with van der Waals surface area (Å²) in [5.41, 5.74) is 6.09. The van der Waals surface area contributed by atoms with Crippen LogP contribution in [0.4, 0.5) is 4.79 Å². The Hall–Kier alpha value is -0.950. The summed E-state index contributed by atoms with van der Waals surface area (Å²) in [5, 5.41) is 0. The largest absolute Gasteiger partial charge is 0.453 e. The molecule has 0 aliphatic carbocycles. The summed E-state index contributed by atoms with van der Waals surface area (Å²) in [4.78, 5) is 27.1. The van der Waals surface area contributed by atoms with Crippen LogP contribution in [0.2, 0.25) is 0 Å². The van der Waals surface area contributed by atoms with Gasteiger partial charge in [-0.2, -0.15) is 0 Å². The lowest BCUT2D eigenvalue weighted by atomic mass is 9.89. The first kappa shape index (κ1) is 14.5. The number of hydrogen-bond acceptors (Lipinski definition) is 5. The minimum Gasteiger partial charge on any atom is -0.453 e. The zero-order valence-corrected chi connectivity index (χ0v) is 12.0. The van der Waals surface area contributed by atoms with E-state index in [2.05, 4.69) is 0 Å². The highest BCUT2D eigenvalue weighted by Crippen LogP contribution is 2.23. The van der Waals surface area contributed by atoms with Gasteiger partial charge in [-0.15, -0.1) is 11.8 Å². The number of methoxy groups -OCH3 is 1. The number of nitrogens with zero attached hydrogens (tertiary/aromatic N) is 2. The third-order valence-electron chi connectivity index (χ3n) is 3.83. The van der Waals surface area contributed by atoms with E-state index >= 15 is 0 Å². The third kappa shape index (κ3) is 3.33. The average Bonchev–Trinajstić information content (AvgIpc) is 2.99. The Morgan fingerprint density at radius 3 is 2.47 bits per heavy atom. The van der Waals surface area contributed by atoms with E-state index in [0.29, 0.717) is 13.1 Å². The molecule has 1 unspecified atom stereocenters. The zero-order chi connectivity index (χ0) is 13.8. The SMILES string of the molecule is COC(=O)N1CCC(C(N)C(=O)N2CCSC2)CC1. The Labute approximate surface area is 117 Å². The van der Waals surface area contributed by atoms with Crippen molar-refractivity contribution in [2.45, 2.75) is 18.9 Å². The van der Waals surface area contributed by atoms with Crippen LogP contribution in [0.1, 0.15) is 12.8 Å². The summed E-state index contributed by atoms with van der Waals surface area (Å²) < 4.78 is 4.69. The molecule has 1 atom stereocenters. The molecular weight excluding hydrogens is 266 g/mol. The number of ether oxygens (including phenoxy) is 1. The number of hydrogen-bond donors (Lipinski definition) is 1. The van der Waals surface area contributed by atoms with E-state index in [0.717, 1.165) is 31.0 Å². The normalized spacial score (nSPS) is 22.4. The van der Waals surface area contributed by atoms with Crippen LogP contribution in [0.15, 0.2) is 0 Å². The predicted octanol–water partition coefficient (Wildman–Crippen LogP) is 0.325. The third-order valence-corrected chi connectivity index (χ3v) is 4.80. The van der Waals surface area contributed by atoms with Gasteiger partial charge in [0.2, 0.25) is 5.91 Å². The number of rotatable bonds is 2. The Morgan fingerprint density at radius 1 is 1.26 bits per heavy atom. The lowest BCUT2D eigenvalue weighted by Gasteiger charge is -2.34. The molecule has 2 fully saturated rings. The van der Waals surface area contributed by atoms with Gasteiger partial charge in [0.25, 0.3) is 0 Å². The summed E-state index contributed by atoms with van der Waals surface area (Å²) in [6.45, 7) is 2.04. The molecule has 108 valence electrons. The van der Waals surface area contributed by atoms with E-state index in [-0.39, 0.29) is 17.9 Å². The fraction of sp³-hybridized carbons (Fsp3) is 0.833. The standard InChI is InChI=1S/C12H21N3O3S/c1-18-12(17)14-4-2-9(3-5-14)10(13)11(16)15-6-7-19-8-15/h9-10H,2-8,13H2,1H3. The van der Waals surface area contributed by atoms with Crippen molar-refractivity contribution in [2.75, 3.05) is 38.4 Å². The van der Waals surface area contributed by atoms with Gasteiger partial charge >= 0.3 is 6.09 Å². The fourth-order valence-corrected chi connectivity index (χ4v) is 3.53. The van der Waals surface area contributed by atoms with E-state index in [1.807, 2.05) is 4.90 Å². The first-order valence-corrected chi connectivity index (χ1v) is 7.74. The molecule has 2 saturated heterocycles. The lowest BCUT2D eigenvalue weighted by molar-refractivity contribution is -0.132. The van der Waals surface area contributed by atoms with Crippen LogP contribution < -0.4 is 5.73 Å². The number of carbonyl (C=O) groups excluding carboxylic acids is 2. The number of piperidine rings is 1. The Morgan fingerprint density at radius 2 is 1.95 bits per heavy atom. The first-order valence-electron chi connectivity index (χ1n) is 6.58. The second kappa shape index (κ2) is 6.47. The molecule has 6 nitrogen and oxygen atoms in total. The quantitative estimate of drug-likeness (QED) is 0.792. The molecule has 0 saturated carbocycles. The number of nitrogens with two attached hydrogens (primary N) is 1. The van der Waals surface area contributed by atoms with E-state index in [1.165, 1.54) is 7.11 Å². The van der Waals surface area contributed by atoms with Crippen molar-refractivity contribution in [3.05, 3.63) is 0 Å². The van der Waals surface area contributed by atoms with Crippen LogP contribution >= 0.6 is 11.8 Å². The molecule has 2 heterocycles. The van der Waals surface area contributed by atoms with E-state index in [1.54, 1.807) is 16.7 Å². The second-order valence-electron chi connectivity index (χ2n) is 4.96. The number of amides is 2. The molecule has 0 aromatic carbocycles. The topological polar surface area (TPSA) is 75.9 Å². The van der Waals surface area contributed by atoms with Gasteiger partial charge in [-0.1, -0.05) is 0 Å². The van der Waals surface area contributed by atoms with Gasteiger partial charge in [-0.05, 0) is 18.8 Å². The van der Waals surface area contributed by atoms with Gasteiger partial charge in [-0.25, -0.2) is 4.79 Å². The predicted molar refractivity (Wildman–Crippen MR) is 73.7 cm³/mol. The molecule has 2 aliphatic rings. The monoisotopic (exact) mass is 287 g/mol. The maximum Gasteiger partial charge on any atom is 0.409 e. The molecule has 19 heavy (non-hydrogen) atoms. The molecule has 0 aromatic heterocycles. The summed E-state index contributed by atoms with van der Waals surface area (Å²) in [5.74, 6) is 1.98. The molecule has 2 aliphatic heterocycles. The van der Waals surface area contributed by atoms with Crippen LogP contribution in [0.3, 0.4) is 0 Å². The maximum atomic E-state index is 12.2. The van der Waals surface area contributed by atoms with Gasteiger partial charge in [-0.3, -0.25) is 4.79 Å².